The smallest absolute Gasteiger partial charge is 0.196 e. The quantitative estimate of drug-likeness (QED) is 0.523. The lowest BCUT2D eigenvalue weighted by atomic mass is 10.0. The van der Waals surface area contributed by atoms with Gasteiger partial charge in [-0.2, -0.15) is 0 Å². The summed E-state index contributed by atoms with van der Waals surface area (Å²) >= 11 is 14.4. The number of carbonyl (C=O) groups is 1. The zero-order chi connectivity index (χ0) is 14.2. The van der Waals surface area contributed by atoms with E-state index in [0.29, 0.717) is 4.47 Å². The van der Waals surface area contributed by atoms with E-state index < -0.39 is 17.4 Å². The van der Waals surface area contributed by atoms with Crippen LogP contribution in [0.25, 0.3) is 0 Å². The standard InChI is InChI=1S/C13H5BrCl2F2O/c14-8-3-2-7(12(18)11(8)16)13(19)6-1-4-10(17)9(15)5-6/h1-5H. The fourth-order valence-electron chi connectivity index (χ4n) is 1.49. The van der Waals surface area contributed by atoms with Crippen molar-refractivity contribution in [3.63, 3.8) is 0 Å². The van der Waals surface area contributed by atoms with Gasteiger partial charge in [0.1, 0.15) is 5.82 Å². The third kappa shape index (κ3) is 2.81. The number of hydrogen-bond acceptors (Lipinski definition) is 1. The molecule has 0 unspecified atom stereocenters. The Kier molecular flexibility index (Phi) is 4.23. The number of rotatable bonds is 2. The Morgan fingerprint density at radius 2 is 1.79 bits per heavy atom. The number of carbonyl (C=O) groups excluding carboxylic acids is 1. The zero-order valence-electron chi connectivity index (χ0n) is 9.18. The lowest BCUT2D eigenvalue weighted by Gasteiger charge is -2.06. The van der Waals surface area contributed by atoms with E-state index in [-0.39, 0.29) is 21.2 Å². The van der Waals surface area contributed by atoms with Crippen LogP contribution in [0, 0.1) is 11.6 Å². The van der Waals surface area contributed by atoms with E-state index in [1.165, 1.54) is 18.2 Å². The molecule has 19 heavy (non-hydrogen) atoms. The second kappa shape index (κ2) is 5.57. The molecule has 0 radical (unpaired) electrons. The normalized spacial score (nSPS) is 10.6. The van der Waals surface area contributed by atoms with Gasteiger partial charge in [-0.1, -0.05) is 23.2 Å². The summed E-state index contributed by atoms with van der Waals surface area (Å²) in [5.41, 5.74) is -0.112. The average molecular weight is 366 g/mol. The maximum Gasteiger partial charge on any atom is 0.196 e. The summed E-state index contributed by atoms with van der Waals surface area (Å²) in [7, 11) is 0. The van der Waals surface area contributed by atoms with E-state index in [4.69, 9.17) is 23.2 Å². The predicted octanol–water partition coefficient (Wildman–Crippen LogP) is 5.27. The van der Waals surface area contributed by atoms with Crippen LogP contribution in [0.15, 0.2) is 34.8 Å². The molecule has 0 aliphatic heterocycles. The Morgan fingerprint density at radius 3 is 2.42 bits per heavy atom. The lowest BCUT2D eigenvalue weighted by molar-refractivity contribution is 0.103. The minimum absolute atomic E-state index is 0.0867. The van der Waals surface area contributed by atoms with Crippen LogP contribution >= 0.6 is 39.1 Å². The molecule has 0 aliphatic carbocycles. The van der Waals surface area contributed by atoms with Gasteiger partial charge in [0, 0.05) is 10.0 Å². The molecule has 0 aliphatic rings. The van der Waals surface area contributed by atoms with Crippen LogP contribution in [0.1, 0.15) is 15.9 Å². The van der Waals surface area contributed by atoms with Crippen molar-refractivity contribution in [3.05, 3.63) is 67.6 Å². The number of hydrogen-bond donors (Lipinski definition) is 0. The molecule has 0 N–H and O–H groups in total. The van der Waals surface area contributed by atoms with Gasteiger partial charge in [-0.3, -0.25) is 4.79 Å². The van der Waals surface area contributed by atoms with E-state index in [1.807, 2.05) is 0 Å². The summed E-state index contributed by atoms with van der Waals surface area (Å²) in [4.78, 5) is 12.1. The van der Waals surface area contributed by atoms with Crippen LogP contribution in [0.2, 0.25) is 10.0 Å². The second-order valence-electron chi connectivity index (χ2n) is 3.68. The first-order chi connectivity index (χ1) is 8.91. The first kappa shape index (κ1) is 14.4. The summed E-state index contributed by atoms with van der Waals surface area (Å²) in [5.74, 6) is -2.09. The highest BCUT2D eigenvalue weighted by atomic mass is 79.9. The SMILES string of the molecule is O=C(c1ccc(F)c(Cl)c1)c1ccc(Br)c(Cl)c1F. The topological polar surface area (TPSA) is 17.1 Å². The van der Waals surface area contributed by atoms with Crippen molar-refractivity contribution in [3.8, 4) is 0 Å². The highest BCUT2D eigenvalue weighted by Crippen LogP contribution is 2.29. The zero-order valence-corrected chi connectivity index (χ0v) is 12.3. The maximum atomic E-state index is 13.9. The van der Waals surface area contributed by atoms with E-state index >= 15 is 0 Å². The first-order valence-electron chi connectivity index (χ1n) is 5.05. The summed E-state index contributed by atoms with van der Waals surface area (Å²) in [6.07, 6.45) is 0. The van der Waals surface area contributed by atoms with Gasteiger partial charge in [-0.25, -0.2) is 8.78 Å². The highest BCUT2D eigenvalue weighted by Gasteiger charge is 2.18. The molecule has 0 bridgehead atoms. The number of ketones is 1. The Morgan fingerprint density at radius 1 is 1.11 bits per heavy atom. The minimum atomic E-state index is -0.832. The van der Waals surface area contributed by atoms with Gasteiger partial charge >= 0.3 is 0 Å². The molecule has 2 aromatic carbocycles. The third-order valence-corrected chi connectivity index (χ3v) is 4.01. The van der Waals surface area contributed by atoms with Crippen molar-refractivity contribution >= 4 is 44.9 Å². The van der Waals surface area contributed by atoms with Gasteiger partial charge in [0.2, 0.25) is 0 Å². The van der Waals surface area contributed by atoms with Crippen molar-refractivity contribution in [1.29, 1.82) is 0 Å². The Hall–Kier alpha value is -0.970. The largest absolute Gasteiger partial charge is 0.288 e. The minimum Gasteiger partial charge on any atom is -0.288 e. The Bertz CT molecular complexity index is 674. The average Bonchev–Trinajstić information content (AvgIpc) is 2.39. The molecule has 0 saturated heterocycles. The van der Waals surface area contributed by atoms with Gasteiger partial charge in [-0.05, 0) is 46.3 Å². The van der Waals surface area contributed by atoms with Crippen molar-refractivity contribution in [2.45, 2.75) is 0 Å². The molecular formula is C13H5BrCl2F2O. The Balaban J connectivity index is 2.50. The summed E-state index contributed by atoms with van der Waals surface area (Å²) in [6.45, 7) is 0. The van der Waals surface area contributed by atoms with Crippen LogP contribution in [0.3, 0.4) is 0 Å². The van der Waals surface area contributed by atoms with Crippen LogP contribution in [-0.4, -0.2) is 5.78 Å². The second-order valence-corrected chi connectivity index (χ2v) is 5.32. The van der Waals surface area contributed by atoms with Crippen molar-refractivity contribution in [2.75, 3.05) is 0 Å². The number of halogens is 5. The van der Waals surface area contributed by atoms with Crippen molar-refractivity contribution in [2.24, 2.45) is 0 Å². The first-order valence-corrected chi connectivity index (χ1v) is 6.60. The molecule has 6 heteroatoms. The van der Waals surface area contributed by atoms with Crippen LogP contribution in [0.5, 0.6) is 0 Å². The maximum absolute atomic E-state index is 13.9. The van der Waals surface area contributed by atoms with Crippen LogP contribution in [0.4, 0.5) is 8.78 Å². The van der Waals surface area contributed by atoms with Crippen molar-refractivity contribution in [1.82, 2.24) is 0 Å². The molecule has 0 aromatic heterocycles. The molecule has 1 nitrogen and oxygen atoms in total. The van der Waals surface area contributed by atoms with Crippen LogP contribution < -0.4 is 0 Å². The fraction of sp³-hybridized carbons (Fsp3) is 0. The van der Waals surface area contributed by atoms with E-state index in [2.05, 4.69) is 15.9 Å². The fourth-order valence-corrected chi connectivity index (χ4v) is 2.15. The van der Waals surface area contributed by atoms with E-state index in [0.717, 1.165) is 12.1 Å². The van der Waals surface area contributed by atoms with Crippen molar-refractivity contribution < 1.29 is 13.6 Å². The van der Waals surface area contributed by atoms with Gasteiger partial charge in [0.25, 0.3) is 0 Å². The monoisotopic (exact) mass is 364 g/mol. The molecule has 2 aromatic rings. The molecule has 0 atom stereocenters. The van der Waals surface area contributed by atoms with Gasteiger partial charge in [-0.15, -0.1) is 0 Å². The lowest BCUT2D eigenvalue weighted by Crippen LogP contribution is -2.05. The van der Waals surface area contributed by atoms with Crippen LogP contribution in [-0.2, 0) is 0 Å². The summed E-state index contributed by atoms with van der Waals surface area (Å²) < 4.78 is 27.3. The number of benzene rings is 2. The molecule has 0 amide bonds. The van der Waals surface area contributed by atoms with Gasteiger partial charge < -0.3 is 0 Å². The van der Waals surface area contributed by atoms with E-state index in [1.54, 1.807) is 0 Å². The van der Waals surface area contributed by atoms with Gasteiger partial charge in [0.15, 0.2) is 11.6 Å². The molecule has 0 fully saturated rings. The molecule has 0 spiro atoms. The molecule has 2 rings (SSSR count). The molecule has 0 saturated carbocycles. The molecule has 98 valence electrons. The molecule has 0 heterocycles. The predicted molar refractivity (Wildman–Crippen MR) is 74.0 cm³/mol. The van der Waals surface area contributed by atoms with Gasteiger partial charge in [0.05, 0.1) is 15.6 Å². The summed E-state index contributed by atoms with van der Waals surface area (Å²) in [5, 5.41) is -0.381. The van der Waals surface area contributed by atoms with E-state index in [9.17, 15) is 13.6 Å². The highest BCUT2D eigenvalue weighted by molar-refractivity contribution is 9.10. The Labute approximate surface area is 126 Å². The molecular weight excluding hydrogens is 361 g/mol. The third-order valence-electron chi connectivity index (χ3n) is 2.46. The summed E-state index contributed by atoms with van der Waals surface area (Å²) in [6, 6.07) is 6.19.